The number of anilines is 2. The predicted octanol–water partition coefficient (Wildman–Crippen LogP) is 3.54. The Morgan fingerprint density at radius 2 is 1.72 bits per heavy atom. The van der Waals surface area contributed by atoms with Crippen molar-refractivity contribution in [3.8, 4) is 0 Å². The maximum absolute atomic E-state index is 12.3. The van der Waals surface area contributed by atoms with Crippen LogP contribution in [-0.2, 0) is 4.79 Å². The fraction of sp³-hybridized carbons (Fsp3) is 0.300. The van der Waals surface area contributed by atoms with Gasteiger partial charge >= 0.3 is 6.03 Å². The lowest BCUT2D eigenvalue weighted by molar-refractivity contribution is -0.117. The Bertz CT molecular complexity index is 799. The van der Waals surface area contributed by atoms with Gasteiger partial charge in [0.15, 0.2) is 0 Å². The highest BCUT2D eigenvalue weighted by Gasteiger charge is 2.31. The van der Waals surface area contributed by atoms with Gasteiger partial charge in [-0.3, -0.25) is 4.79 Å². The minimum Gasteiger partial charge on any atom is -0.333 e. The first kappa shape index (κ1) is 17.0. The Balaban J connectivity index is 1.61. The highest BCUT2D eigenvalue weighted by molar-refractivity contribution is 5.97. The average Bonchev–Trinajstić information content (AvgIpc) is 2.91. The summed E-state index contributed by atoms with van der Waals surface area (Å²) in [7, 11) is 0. The third kappa shape index (κ3) is 3.99. The summed E-state index contributed by atoms with van der Waals surface area (Å²) >= 11 is 0. The van der Waals surface area contributed by atoms with Crippen molar-refractivity contribution >= 4 is 23.3 Å². The molecule has 1 heterocycles. The Labute approximate surface area is 148 Å². The van der Waals surface area contributed by atoms with Crippen LogP contribution in [0.1, 0.15) is 23.1 Å². The number of benzene rings is 2. The molecule has 2 N–H and O–H groups in total. The third-order valence-corrected chi connectivity index (χ3v) is 4.44. The predicted molar refractivity (Wildman–Crippen MR) is 100 cm³/mol. The number of amides is 3. The Morgan fingerprint density at radius 3 is 2.40 bits per heavy atom. The van der Waals surface area contributed by atoms with Gasteiger partial charge in [0.25, 0.3) is 0 Å². The van der Waals surface area contributed by atoms with E-state index in [1.54, 1.807) is 4.90 Å². The number of hydrogen-bond donors (Lipinski definition) is 2. The van der Waals surface area contributed by atoms with Crippen molar-refractivity contribution in [3.05, 3.63) is 59.2 Å². The van der Waals surface area contributed by atoms with Crippen molar-refractivity contribution in [3.63, 3.8) is 0 Å². The highest BCUT2D eigenvalue weighted by atomic mass is 16.2. The Kier molecular flexibility index (Phi) is 4.74. The lowest BCUT2D eigenvalue weighted by Gasteiger charge is -2.18. The van der Waals surface area contributed by atoms with E-state index in [2.05, 4.69) is 10.6 Å². The SMILES string of the molecule is Cc1ccc(N2C[C@@H](NC(=O)Nc3ccc(C)cc3C)CC2=O)cc1. The number of nitrogens with zero attached hydrogens (tertiary/aromatic N) is 1. The minimum atomic E-state index is -0.282. The monoisotopic (exact) mass is 337 g/mol. The van der Waals surface area contributed by atoms with Gasteiger partial charge in [0.05, 0.1) is 6.04 Å². The van der Waals surface area contributed by atoms with Crippen LogP contribution < -0.4 is 15.5 Å². The maximum atomic E-state index is 12.3. The molecule has 5 nitrogen and oxygen atoms in total. The summed E-state index contributed by atoms with van der Waals surface area (Å²) in [6, 6.07) is 13.2. The van der Waals surface area contributed by atoms with Gasteiger partial charge in [-0.05, 0) is 44.5 Å². The van der Waals surface area contributed by atoms with Gasteiger partial charge in [-0.15, -0.1) is 0 Å². The van der Waals surface area contributed by atoms with Gasteiger partial charge in [-0.25, -0.2) is 4.79 Å². The molecule has 3 rings (SSSR count). The van der Waals surface area contributed by atoms with Gasteiger partial charge in [-0.1, -0.05) is 35.4 Å². The summed E-state index contributed by atoms with van der Waals surface area (Å²) in [5, 5.41) is 5.76. The maximum Gasteiger partial charge on any atom is 0.319 e. The second-order valence-electron chi connectivity index (χ2n) is 6.66. The van der Waals surface area contributed by atoms with E-state index in [0.717, 1.165) is 28.1 Å². The van der Waals surface area contributed by atoms with E-state index in [1.165, 1.54) is 0 Å². The van der Waals surface area contributed by atoms with E-state index in [0.29, 0.717) is 13.0 Å². The van der Waals surface area contributed by atoms with Crippen molar-refractivity contribution in [2.45, 2.75) is 33.2 Å². The molecular formula is C20H23N3O2. The van der Waals surface area contributed by atoms with Gasteiger partial charge < -0.3 is 15.5 Å². The lowest BCUT2D eigenvalue weighted by atomic mass is 10.1. The molecule has 25 heavy (non-hydrogen) atoms. The van der Waals surface area contributed by atoms with Crippen LogP contribution in [0, 0.1) is 20.8 Å². The van der Waals surface area contributed by atoms with Gasteiger partial charge in [0.1, 0.15) is 0 Å². The molecule has 0 aromatic heterocycles. The molecule has 1 fully saturated rings. The molecule has 1 atom stereocenters. The molecule has 3 amide bonds. The Morgan fingerprint density at radius 1 is 1.04 bits per heavy atom. The zero-order chi connectivity index (χ0) is 18.0. The van der Waals surface area contributed by atoms with Crippen molar-refractivity contribution in [2.75, 3.05) is 16.8 Å². The molecule has 0 bridgehead atoms. The number of nitrogens with one attached hydrogen (secondary N) is 2. The van der Waals surface area contributed by atoms with Gasteiger partial charge in [0.2, 0.25) is 5.91 Å². The first-order valence-corrected chi connectivity index (χ1v) is 8.44. The molecule has 1 aliphatic heterocycles. The second-order valence-corrected chi connectivity index (χ2v) is 6.66. The van der Waals surface area contributed by atoms with E-state index < -0.39 is 0 Å². The minimum absolute atomic E-state index is 0.0284. The van der Waals surface area contributed by atoms with Crippen LogP contribution in [0.4, 0.5) is 16.2 Å². The van der Waals surface area contributed by atoms with Gasteiger partial charge in [0, 0.05) is 24.3 Å². The third-order valence-electron chi connectivity index (χ3n) is 4.44. The molecule has 5 heteroatoms. The Hall–Kier alpha value is -2.82. The van der Waals surface area contributed by atoms with Crippen LogP contribution in [0.2, 0.25) is 0 Å². The quantitative estimate of drug-likeness (QED) is 0.900. The summed E-state index contributed by atoms with van der Waals surface area (Å²) in [4.78, 5) is 26.2. The zero-order valence-corrected chi connectivity index (χ0v) is 14.8. The van der Waals surface area contributed by atoms with E-state index in [1.807, 2.05) is 63.2 Å². The fourth-order valence-electron chi connectivity index (χ4n) is 3.08. The number of urea groups is 1. The number of carbonyl (C=O) groups excluding carboxylic acids is 2. The molecule has 0 radical (unpaired) electrons. The summed E-state index contributed by atoms with van der Waals surface area (Å²) in [6.07, 6.45) is 0.314. The molecule has 0 saturated carbocycles. The fourth-order valence-corrected chi connectivity index (χ4v) is 3.08. The second kappa shape index (κ2) is 6.97. The van der Waals surface area contributed by atoms with Crippen molar-refractivity contribution in [1.82, 2.24) is 5.32 Å². The standard InChI is InChI=1S/C20H23N3O2/c1-13-4-7-17(8-5-13)23-12-16(11-19(23)24)21-20(25)22-18-9-6-14(2)10-15(18)3/h4-10,16H,11-12H2,1-3H3,(H2,21,22,25)/t16-/m0/s1. The smallest absolute Gasteiger partial charge is 0.319 e. The van der Waals surface area contributed by atoms with E-state index in [4.69, 9.17) is 0 Å². The first-order chi connectivity index (χ1) is 11.9. The number of carbonyl (C=O) groups is 2. The van der Waals surface area contributed by atoms with Crippen molar-refractivity contribution < 1.29 is 9.59 Å². The average molecular weight is 337 g/mol. The van der Waals surface area contributed by atoms with Crippen LogP contribution >= 0.6 is 0 Å². The largest absolute Gasteiger partial charge is 0.333 e. The van der Waals surface area contributed by atoms with Crippen molar-refractivity contribution in [1.29, 1.82) is 0 Å². The normalized spacial score (nSPS) is 16.8. The lowest BCUT2D eigenvalue weighted by Crippen LogP contribution is -2.39. The molecule has 0 unspecified atom stereocenters. The summed E-state index contributed by atoms with van der Waals surface area (Å²) in [5.41, 5.74) is 4.97. The molecular weight excluding hydrogens is 314 g/mol. The number of rotatable bonds is 3. The van der Waals surface area contributed by atoms with Crippen LogP contribution in [0.5, 0.6) is 0 Å². The molecule has 2 aromatic carbocycles. The van der Waals surface area contributed by atoms with Crippen LogP contribution in [0.15, 0.2) is 42.5 Å². The topological polar surface area (TPSA) is 61.4 Å². The molecule has 1 aliphatic rings. The summed E-state index contributed by atoms with van der Waals surface area (Å²) in [5.74, 6) is 0.0284. The first-order valence-electron chi connectivity index (χ1n) is 8.44. The number of hydrogen-bond acceptors (Lipinski definition) is 2. The van der Waals surface area contributed by atoms with E-state index in [9.17, 15) is 9.59 Å². The number of aryl methyl sites for hydroxylation is 3. The highest BCUT2D eigenvalue weighted by Crippen LogP contribution is 2.22. The molecule has 130 valence electrons. The van der Waals surface area contributed by atoms with Crippen molar-refractivity contribution in [2.24, 2.45) is 0 Å². The zero-order valence-electron chi connectivity index (χ0n) is 14.8. The van der Waals surface area contributed by atoms with E-state index >= 15 is 0 Å². The summed E-state index contributed by atoms with van der Waals surface area (Å²) < 4.78 is 0. The molecule has 0 spiro atoms. The molecule has 0 aliphatic carbocycles. The van der Waals surface area contributed by atoms with Gasteiger partial charge in [-0.2, -0.15) is 0 Å². The van der Waals surface area contributed by atoms with E-state index in [-0.39, 0.29) is 18.0 Å². The molecule has 2 aromatic rings. The van der Waals surface area contributed by atoms with Crippen LogP contribution in [-0.4, -0.2) is 24.5 Å². The molecule has 1 saturated heterocycles. The summed E-state index contributed by atoms with van der Waals surface area (Å²) in [6.45, 7) is 6.47. The van der Waals surface area contributed by atoms with Crippen LogP contribution in [0.3, 0.4) is 0 Å². The van der Waals surface area contributed by atoms with Crippen LogP contribution in [0.25, 0.3) is 0 Å².